The van der Waals surface area contributed by atoms with Gasteiger partial charge in [-0.05, 0) is 31.2 Å². The van der Waals surface area contributed by atoms with E-state index in [1.54, 1.807) is 43.3 Å². The third-order valence-corrected chi connectivity index (χ3v) is 3.60. The first kappa shape index (κ1) is 15.0. The zero-order chi connectivity index (χ0) is 16.4. The Balaban J connectivity index is 1.76. The van der Waals surface area contributed by atoms with E-state index in [2.05, 4.69) is 10.6 Å². The molecule has 3 rings (SSSR count). The molecule has 2 amide bonds. The van der Waals surface area contributed by atoms with Crippen molar-refractivity contribution in [2.24, 2.45) is 0 Å². The summed E-state index contributed by atoms with van der Waals surface area (Å²) in [6, 6.07) is 10.6. The molecule has 5 nitrogen and oxygen atoms in total. The van der Waals surface area contributed by atoms with E-state index in [4.69, 9.17) is 4.74 Å². The van der Waals surface area contributed by atoms with Gasteiger partial charge in [0.15, 0.2) is 6.61 Å². The number of hydrogen-bond acceptors (Lipinski definition) is 3. The Kier molecular flexibility index (Phi) is 3.97. The van der Waals surface area contributed by atoms with E-state index in [0.29, 0.717) is 22.6 Å². The summed E-state index contributed by atoms with van der Waals surface area (Å²) >= 11 is 0. The molecule has 0 saturated carbocycles. The van der Waals surface area contributed by atoms with E-state index < -0.39 is 6.04 Å². The van der Waals surface area contributed by atoms with Crippen molar-refractivity contribution in [2.45, 2.75) is 13.0 Å². The number of rotatable bonds is 3. The summed E-state index contributed by atoms with van der Waals surface area (Å²) in [6.07, 6.45) is 0. The second-order valence-corrected chi connectivity index (χ2v) is 5.26. The number of nitrogens with one attached hydrogen (secondary N) is 2. The fraction of sp³-hybridized carbons (Fsp3) is 0.176. The molecule has 6 heteroatoms. The van der Waals surface area contributed by atoms with Gasteiger partial charge < -0.3 is 15.4 Å². The van der Waals surface area contributed by atoms with Crippen molar-refractivity contribution in [3.63, 3.8) is 0 Å². The molecule has 118 valence electrons. The molecule has 2 N–H and O–H groups in total. The second-order valence-electron chi connectivity index (χ2n) is 5.26. The highest BCUT2D eigenvalue weighted by Gasteiger charge is 2.19. The minimum Gasteiger partial charge on any atom is -0.482 e. The van der Waals surface area contributed by atoms with Crippen LogP contribution in [0.1, 0.15) is 28.9 Å². The van der Waals surface area contributed by atoms with E-state index in [9.17, 15) is 14.0 Å². The Morgan fingerprint density at radius 1 is 1.30 bits per heavy atom. The molecule has 0 bridgehead atoms. The maximum atomic E-state index is 13.7. The molecule has 0 aliphatic carbocycles. The predicted molar refractivity (Wildman–Crippen MR) is 82.8 cm³/mol. The maximum Gasteiger partial charge on any atom is 0.262 e. The van der Waals surface area contributed by atoms with Crippen molar-refractivity contribution in [1.29, 1.82) is 0 Å². The molecule has 1 aliphatic rings. The second kappa shape index (κ2) is 6.08. The van der Waals surface area contributed by atoms with Crippen molar-refractivity contribution in [2.75, 3.05) is 11.9 Å². The Bertz CT molecular complexity index is 776. The zero-order valence-corrected chi connectivity index (χ0v) is 12.4. The molecule has 2 aromatic carbocycles. The van der Waals surface area contributed by atoms with E-state index in [0.717, 1.165) is 0 Å². The van der Waals surface area contributed by atoms with Crippen LogP contribution in [0.15, 0.2) is 42.5 Å². The molecule has 23 heavy (non-hydrogen) atoms. The summed E-state index contributed by atoms with van der Waals surface area (Å²) in [5, 5.41) is 5.40. The van der Waals surface area contributed by atoms with E-state index >= 15 is 0 Å². The monoisotopic (exact) mass is 314 g/mol. The first-order chi connectivity index (χ1) is 11.0. The van der Waals surface area contributed by atoms with Crippen LogP contribution in [0.2, 0.25) is 0 Å². The topological polar surface area (TPSA) is 67.4 Å². The molecule has 0 fully saturated rings. The Hall–Kier alpha value is -2.89. The number of ether oxygens (including phenoxy) is 1. The molecular weight excluding hydrogens is 299 g/mol. The lowest BCUT2D eigenvalue weighted by molar-refractivity contribution is -0.118. The molecule has 2 aromatic rings. The maximum absolute atomic E-state index is 13.7. The number of carbonyl (C=O) groups is 2. The number of fused-ring (bicyclic) bond motifs is 1. The van der Waals surface area contributed by atoms with Gasteiger partial charge in [-0.3, -0.25) is 9.59 Å². The first-order valence-corrected chi connectivity index (χ1v) is 7.16. The lowest BCUT2D eigenvalue weighted by Crippen LogP contribution is -2.28. The number of hydrogen-bond donors (Lipinski definition) is 2. The largest absolute Gasteiger partial charge is 0.482 e. The lowest BCUT2D eigenvalue weighted by atomic mass is 10.1. The van der Waals surface area contributed by atoms with Gasteiger partial charge in [0, 0.05) is 11.1 Å². The minimum absolute atomic E-state index is 0.0797. The van der Waals surface area contributed by atoms with E-state index in [1.165, 1.54) is 6.07 Å². The van der Waals surface area contributed by atoms with Crippen LogP contribution in [-0.2, 0) is 4.79 Å². The summed E-state index contributed by atoms with van der Waals surface area (Å²) in [5.41, 5.74) is 1.32. The van der Waals surface area contributed by atoms with Gasteiger partial charge in [0.2, 0.25) is 0 Å². The summed E-state index contributed by atoms with van der Waals surface area (Å²) in [7, 11) is 0. The summed E-state index contributed by atoms with van der Waals surface area (Å²) in [6.45, 7) is 1.63. The zero-order valence-electron chi connectivity index (χ0n) is 12.4. The van der Waals surface area contributed by atoms with Gasteiger partial charge in [0.05, 0.1) is 11.7 Å². The molecule has 0 radical (unpaired) electrons. The van der Waals surface area contributed by atoms with Crippen LogP contribution < -0.4 is 15.4 Å². The minimum atomic E-state index is -0.472. The molecule has 1 atom stereocenters. The smallest absolute Gasteiger partial charge is 0.262 e. The average molecular weight is 314 g/mol. The van der Waals surface area contributed by atoms with Crippen LogP contribution in [0.3, 0.4) is 0 Å². The van der Waals surface area contributed by atoms with Crippen molar-refractivity contribution in [3.8, 4) is 5.75 Å². The van der Waals surface area contributed by atoms with Crippen molar-refractivity contribution >= 4 is 17.5 Å². The summed E-state index contributed by atoms with van der Waals surface area (Å²) in [5.74, 6) is -0.500. The molecule has 1 unspecified atom stereocenters. The molecule has 1 aliphatic heterocycles. The normalized spacial score (nSPS) is 14.3. The summed E-state index contributed by atoms with van der Waals surface area (Å²) < 4.78 is 19.0. The van der Waals surface area contributed by atoms with Gasteiger partial charge >= 0.3 is 0 Å². The summed E-state index contributed by atoms with van der Waals surface area (Å²) in [4.78, 5) is 23.5. The van der Waals surface area contributed by atoms with E-state index in [1.807, 2.05) is 0 Å². The third kappa shape index (κ3) is 3.15. The van der Waals surface area contributed by atoms with E-state index in [-0.39, 0.29) is 24.2 Å². The highest BCUT2D eigenvalue weighted by Crippen LogP contribution is 2.28. The first-order valence-electron chi connectivity index (χ1n) is 7.16. The van der Waals surface area contributed by atoms with Gasteiger partial charge in [0.1, 0.15) is 11.6 Å². The fourth-order valence-electron chi connectivity index (χ4n) is 2.40. The number of anilines is 1. The molecule has 1 heterocycles. The van der Waals surface area contributed by atoms with Crippen LogP contribution in [0.5, 0.6) is 5.75 Å². The number of benzene rings is 2. The molecule has 0 spiro atoms. The van der Waals surface area contributed by atoms with Gasteiger partial charge in [-0.1, -0.05) is 18.2 Å². The number of amides is 2. The molecular formula is C17H15FN2O3. The van der Waals surface area contributed by atoms with Crippen LogP contribution in [0, 0.1) is 5.82 Å². The fourth-order valence-corrected chi connectivity index (χ4v) is 2.40. The number of carbonyl (C=O) groups excluding carboxylic acids is 2. The lowest BCUT2D eigenvalue weighted by Gasteiger charge is -2.19. The molecule has 0 aromatic heterocycles. The van der Waals surface area contributed by atoms with Crippen LogP contribution in [-0.4, -0.2) is 18.4 Å². The van der Waals surface area contributed by atoms with Crippen LogP contribution >= 0.6 is 0 Å². The average Bonchev–Trinajstić information content (AvgIpc) is 2.54. The number of halogens is 1. The van der Waals surface area contributed by atoms with Gasteiger partial charge in [-0.15, -0.1) is 0 Å². The highest BCUT2D eigenvalue weighted by atomic mass is 19.1. The van der Waals surface area contributed by atoms with Crippen LogP contribution in [0.25, 0.3) is 0 Å². The van der Waals surface area contributed by atoms with Crippen molar-refractivity contribution in [1.82, 2.24) is 5.32 Å². The highest BCUT2D eigenvalue weighted by molar-refractivity contribution is 5.99. The van der Waals surface area contributed by atoms with Crippen LogP contribution in [0.4, 0.5) is 10.1 Å². The van der Waals surface area contributed by atoms with Crippen molar-refractivity contribution < 1.29 is 18.7 Å². The predicted octanol–water partition coefficient (Wildman–Crippen LogP) is 2.65. The Morgan fingerprint density at radius 3 is 2.87 bits per heavy atom. The van der Waals surface area contributed by atoms with Crippen molar-refractivity contribution in [3.05, 3.63) is 59.4 Å². The van der Waals surface area contributed by atoms with Gasteiger partial charge in [-0.25, -0.2) is 4.39 Å². The van der Waals surface area contributed by atoms with Gasteiger partial charge in [0.25, 0.3) is 11.8 Å². The van der Waals surface area contributed by atoms with Gasteiger partial charge in [-0.2, -0.15) is 0 Å². The third-order valence-electron chi connectivity index (χ3n) is 3.60. The molecule has 0 saturated heterocycles. The standard InChI is InChI=1S/C17H15FN2O3/c1-10(12-4-2-3-5-13(12)18)19-17(22)11-6-7-14-15(8-11)23-9-16(21)20-14/h2-8,10H,9H2,1H3,(H,19,22)(H,20,21). The quantitative estimate of drug-likeness (QED) is 0.915. The Morgan fingerprint density at radius 2 is 2.09 bits per heavy atom. The SMILES string of the molecule is CC(NC(=O)c1ccc2c(c1)OCC(=O)N2)c1ccccc1F. The Labute approximate surface area is 132 Å².